The summed E-state index contributed by atoms with van der Waals surface area (Å²) < 4.78 is 10.5. The summed E-state index contributed by atoms with van der Waals surface area (Å²) in [7, 11) is 0. The van der Waals surface area contributed by atoms with Crippen LogP contribution in [0.5, 0.6) is 0 Å². The second-order valence-corrected chi connectivity index (χ2v) is 6.24. The van der Waals surface area contributed by atoms with E-state index in [1.54, 1.807) is 54.6 Å². The fraction of sp³-hybridized carbons (Fsp3) is 0.0952. The third kappa shape index (κ3) is 4.51. The molecule has 0 aliphatic heterocycles. The van der Waals surface area contributed by atoms with E-state index in [9.17, 15) is 14.4 Å². The van der Waals surface area contributed by atoms with Crippen molar-refractivity contribution in [1.29, 1.82) is 0 Å². The lowest BCUT2D eigenvalue weighted by molar-refractivity contribution is 0.0445. The van der Waals surface area contributed by atoms with Crippen LogP contribution in [0.2, 0.25) is 5.02 Å². The van der Waals surface area contributed by atoms with Crippen LogP contribution < -0.4 is 0 Å². The minimum absolute atomic E-state index is 0.00968. The summed E-state index contributed by atoms with van der Waals surface area (Å²) in [6, 6.07) is 16.2. The lowest BCUT2D eigenvalue weighted by atomic mass is 10.1. The van der Waals surface area contributed by atoms with Crippen molar-refractivity contribution in [2.75, 3.05) is 6.61 Å². The minimum atomic E-state index is -0.732. The molecular formula is C21H15ClO5. The minimum Gasteiger partial charge on any atom is -0.451 e. The highest BCUT2D eigenvalue weighted by molar-refractivity contribution is 6.30. The van der Waals surface area contributed by atoms with Gasteiger partial charge in [0, 0.05) is 21.7 Å². The molecule has 0 unspecified atom stereocenters. The molecule has 3 aromatic rings. The summed E-state index contributed by atoms with van der Waals surface area (Å²) in [6.45, 7) is 1.09. The van der Waals surface area contributed by atoms with Crippen molar-refractivity contribution in [1.82, 2.24) is 0 Å². The lowest BCUT2D eigenvalue weighted by Crippen LogP contribution is -2.13. The van der Waals surface area contributed by atoms with E-state index in [0.717, 1.165) is 5.56 Å². The van der Waals surface area contributed by atoms with Gasteiger partial charge in [-0.15, -0.1) is 0 Å². The van der Waals surface area contributed by atoms with E-state index < -0.39 is 12.6 Å². The van der Waals surface area contributed by atoms with E-state index in [2.05, 4.69) is 0 Å². The van der Waals surface area contributed by atoms with E-state index in [4.69, 9.17) is 20.8 Å². The lowest BCUT2D eigenvalue weighted by Gasteiger charge is -2.03. The van der Waals surface area contributed by atoms with E-state index in [-0.39, 0.29) is 17.3 Å². The Morgan fingerprint density at radius 3 is 2.15 bits per heavy atom. The average molecular weight is 383 g/mol. The molecule has 2 aromatic carbocycles. The van der Waals surface area contributed by atoms with Gasteiger partial charge in [0.15, 0.2) is 18.2 Å². The monoisotopic (exact) mass is 382 g/mol. The fourth-order valence-corrected chi connectivity index (χ4v) is 2.52. The van der Waals surface area contributed by atoms with Gasteiger partial charge in [-0.05, 0) is 43.3 Å². The first-order chi connectivity index (χ1) is 12.9. The number of rotatable bonds is 6. The molecule has 0 saturated heterocycles. The molecule has 0 N–H and O–H groups in total. The van der Waals surface area contributed by atoms with Gasteiger partial charge in [-0.25, -0.2) is 4.79 Å². The highest BCUT2D eigenvalue weighted by Crippen LogP contribution is 2.23. The zero-order chi connectivity index (χ0) is 19.4. The van der Waals surface area contributed by atoms with Crippen molar-refractivity contribution in [3.05, 3.63) is 82.6 Å². The summed E-state index contributed by atoms with van der Waals surface area (Å²) in [4.78, 5) is 35.4. The Bertz CT molecular complexity index is 984. The van der Waals surface area contributed by atoms with Gasteiger partial charge in [0.2, 0.25) is 5.76 Å². The molecule has 3 rings (SSSR count). The van der Waals surface area contributed by atoms with Crippen molar-refractivity contribution in [3.8, 4) is 11.3 Å². The normalized spacial score (nSPS) is 10.4. The Morgan fingerprint density at radius 1 is 0.889 bits per heavy atom. The van der Waals surface area contributed by atoms with Crippen molar-refractivity contribution in [2.24, 2.45) is 0 Å². The van der Waals surface area contributed by atoms with Gasteiger partial charge in [0.05, 0.1) is 0 Å². The average Bonchev–Trinajstić information content (AvgIpc) is 3.17. The van der Waals surface area contributed by atoms with Crippen LogP contribution in [0.25, 0.3) is 11.3 Å². The predicted octanol–water partition coefficient (Wildman–Crippen LogP) is 4.84. The number of halogens is 1. The first-order valence-electron chi connectivity index (χ1n) is 8.11. The Balaban J connectivity index is 1.63. The number of carbonyl (C=O) groups excluding carboxylic acids is 3. The molecule has 0 bridgehead atoms. The SMILES string of the molecule is CC(=O)c1ccc(-c2ccc(C(=O)OCC(=O)c3ccc(Cl)cc3)o2)cc1. The van der Waals surface area contributed by atoms with Gasteiger partial charge in [-0.1, -0.05) is 35.9 Å². The second kappa shape index (κ2) is 8.01. The predicted molar refractivity (Wildman–Crippen MR) is 100 cm³/mol. The van der Waals surface area contributed by atoms with E-state index in [1.807, 2.05) is 0 Å². The molecule has 5 nitrogen and oxygen atoms in total. The molecule has 0 saturated carbocycles. The molecular weight excluding hydrogens is 368 g/mol. The van der Waals surface area contributed by atoms with Crippen LogP contribution in [-0.4, -0.2) is 24.1 Å². The molecule has 0 radical (unpaired) electrons. The number of Topliss-reactive ketones (excluding diaryl/α,β-unsaturated/α-hetero) is 2. The Hall–Kier alpha value is -3.18. The third-order valence-electron chi connectivity index (χ3n) is 3.88. The van der Waals surface area contributed by atoms with Gasteiger partial charge < -0.3 is 9.15 Å². The zero-order valence-electron chi connectivity index (χ0n) is 14.4. The molecule has 136 valence electrons. The number of ether oxygens (including phenoxy) is 1. The Morgan fingerprint density at radius 2 is 1.52 bits per heavy atom. The quantitative estimate of drug-likeness (QED) is 0.450. The van der Waals surface area contributed by atoms with E-state index >= 15 is 0 Å². The van der Waals surface area contributed by atoms with Gasteiger partial charge in [0.1, 0.15) is 5.76 Å². The second-order valence-electron chi connectivity index (χ2n) is 5.80. The Labute approximate surface area is 160 Å². The molecule has 0 fully saturated rings. The molecule has 0 atom stereocenters. The van der Waals surface area contributed by atoms with Crippen LogP contribution in [0.3, 0.4) is 0 Å². The maximum atomic E-state index is 12.1. The molecule has 0 aliphatic carbocycles. The summed E-state index contributed by atoms with van der Waals surface area (Å²) in [5, 5.41) is 0.517. The molecule has 6 heteroatoms. The van der Waals surface area contributed by atoms with Gasteiger partial charge in [-0.3, -0.25) is 9.59 Å². The van der Waals surface area contributed by atoms with Gasteiger partial charge in [0.25, 0.3) is 0 Å². The molecule has 0 spiro atoms. The summed E-state index contributed by atoms with van der Waals surface area (Å²) in [6.07, 6.45) is 0. The number of ketones is 2. The van der Waals surface area contributed by atoms with Crippen LogP contribution in [0.1, 0.15) is 38.2 Å². The molecule has 1 heterocycles. The zero-order valence-corrected chi connectivity index (χ0v) is 15.2. The fourth-order valence-electron chi connectivity index (χ4n) is 2.39. The maximum Gasteiger partial charge on any atom is 0.374 e. The first-order valence-corrected chi connectivity index (χ1v) is 8.49. The van der Waals surface area contributed by atoms with Crippen LogP contribution in [0.4, 0.5) is 0 Å². The van der Waals surface area contributed by atoms with Crippen LogP contribution in [0.15, 0.2) is 65.1 Å². The Kier molecular flexibility index (Phi) is 5.52. The van der Waals surface area contributed by atoms with Crippen LogP contribution in [0, 0.1) is 0 Å². The number of benzene rings is 2. The summed E-state index contributed by atoms with van der Waals surface area (Å²) in [5.74, 6) is -0.656. The van der Waals surface area contributed by atoms with Crippen LogP contribution >= 0.6 is 11.6 Å². The van der Waals surface area contributed by atoms with Gasteiger partial charge in [-0.2, -0.15) is 0 Å². The molecule has 27 heavy (non-hydrogen) atoms. The smallest absolute Gasteiger partial charge is 0.374 e. The summed E-state index contributed by atoms with van der Waals surface area (Å²) >= 11 is 5.78. The van der Waals surface area contributed by atoms with Crippen LogP contribution in [-0.2, 0) is 4.74 Å². The number of carbonyl (C=O) groups is 3. The number of esters is 1. The van der Waals surface area contributed by atoms with E-state index in [1.165, 1.54) is 13.0 Å². The van der Waals surface area contributed by atoms with Crippen molar-refractivity contribution in [3.63, 3.8) is 0 Å². The standard InChI is InChI=1S/C21H15ClO5/c1-13(23)14-2-4-16(5-3-14)19-10-11-20(27-19)21(25)26-12-18(24)15-6-8-17(22)9-7-15/h2-11H,12H2,1H3. The number of furan rings is 1. The summed E-state index contributed by atoms with van der Waals surface area (Å²) in [5.41, 5.74) is 1.71. The first kappa shape index (κ1) is 18.6. The third-order valence-corrected chi connectivity index (χ3v) is 4.14. The van der Waals surface area contributed by atoms with E-state index in [0.29, 0.717) is 21.9 Å². The number of hydrogen-bond donors (Lipinski definition) is 0. The van der Waals surface area contributed by atoms with Crippen molar-refractivity contribution in [2.45, 2.75) is 6.92 Å². The highest BCUT2D eigenvalue weighted by Gasteiger charge is 2.16. The molecule has 1 aromatic heterocycles. The van der Waals surface area contributed by atoms with Crippen molar-refractivity contribution >= 4 is 29.1 Å². The maximum absolute atomic E-state index is 12.1. The number of hydrogen-bond acceptors (Lipinski definition) is 5. The molecule has 0 aliphatic rings. The largest absolute Gasteiger partial charge is 0.451 e. The van der Waals surface area contributed by atoms with Crippen molar-refractivity contribution < 1.29 is 23.5 Å². The molecule has 0 amide bonds. The topological polar surface area (TPSA) is 73.6 Å². The van der Waals surface area contributed by atoms with Gasteiger partial charge >= 0.3 is 5.97 Å². The highest BCUT2D eigenvalue weighted by atomic mass is 35.5.